The van der Waals surface area contributed by atoms with Crippen LogP contribution in [0.5, 0.6) is 0 Å². The maximum Gasteiger partial charge on any atom is 0.422 e. The number of aliphatic hydroxyl groups excluding tert-OH is 1. The number of alkyl halides is 3. The van der Waals surface area contributed by atoms with Crippen molar-refractivity contribution < 1.29 is 32.1 Å². The van der Waals surface area contributed by atoms with Gasteiger partial charge in [-0.2, -0.15) is 18.2 Å². The van der Waals surface area contributed by atoms with Crippen molar-refractivity contribution in [1.82, 2.24) is 24.8 Å². The van der Waals surface area contributed by atoms with E-state index >= 15 is 0 Å². The molecule has 38 heavy (non-hydrogen) atoms. The Balaban J connectivity index is 1.35. The van der Waals surface area contributed by atoms with Crippen molar-refractivity contribution in [2.24, 2.45) is 7.05 Å². The molecule has 9 nitrogen and oxygen atoms in total. The van der Waals surface area contributed by atoms with Crippen LogP contribution in [-0.2, 0) is 24.4 Å². The summed E-state index contributed by atoms with van der Waals surface area (Å²) >= 11 is 0. The fraction of sp³-hybridized carbons (Fsp3) is 0.192. The predicted octanol–water partition coefficient (Wildman–Crippen LogP) is 5.05. The van der Waals surface area contributed by atoms with E-state index in [0.29, 0.717) is 17.5 Å². The predicted molar refractivity (Wildman–Crippen MR) is 127 cm³/mol. The molecule has 2 aromatic carbocycles. The van der Waals surface area contributed by atoms with Gasteiger partial charge < -0.3 is 18.7 Å². The van der Waals surface area contributed by atoms with Gasteiger partial charge in [0, 0.05) is 36.5 Å². The number of rotatable bonds is 8. The van der Waals surface area contributed by atoms with Gasteiger partial charge in [-0.15, -0.1) is 0 Å². The summed E-state index contributed by atoms with van der Waals surface area (Å²) in [7, 11) is 1.82. The number of benzene rings is 2. The van der Waals surface area contributed by atoms with Gasteiger partial charge in [0.15, 0.2) is 5.78 Å². The molecule has 0 spiro atoms. The fourth-order valence-electron chi connectivity index (χ4n) is 3.94. The van der Waals surface area contributed by atoms with Gasteiger partial charge in [-0.25, -0.2) is 4.98 Å². The van der Waals surface area contributed by atoms with Crippen LogP contribution in [0.15, 0.2) is 76.2 Å². The van der Waals surface area contributed by atoms with Crippen molar-refractivity contribution in [1.29, 1.82) is 0 Å². The van der Waals surface area contributed by atoms with Gasteiger partial charge in [0.1, 0.15) is 17.4 Å². The number of carbonyl (C=O) groups excluding carboxylic acids is 1. The summed E-state index contributed by atoms with van der Waals surface area (Å²) in [5.74, 6) is -1.55. The molecule has 3 heterocycles. The van der Waals surface area contributed by atoms with E-state index in [1.54, 1.807) is 35.3 Å². The number of carbonyl (C=O) groups is 1. The molecule has 0 bridgehead atoms. The average Bonchev–Trinajstić information content (AvgIpc) is 3.66. The second-order valence-electron chi connectivity index (χ2n) is 8.51. The van der Waals surface area contributed by atoms with Crippen molar-refractivity contribution in [3.63, 3.8) is 0 Å². The molecule has 1 atom stereocenters. The molecule has 1 unspecified atom stereocenters. The van der Waals surface area contributed by atoms with Gasteiger partial charge in [-0.05, 0) is 12.0 Å². The third kappa shape index (κ3) is 4.98. The SMILES string of the molecule is Cn1cncc1CCC(=O)C(O)c1ccc(-c2noc(-c3onc(-c4ccccc4)c3C(F)(F)F)n2)cc1. The maximum atomic E-state index is 13.9. The van der Waals surface area contributed by atoms with Crippen LogP contribution in [0.3, 0.4) is 0 Å². The van der Waals surface area contributed by atoms with Crippen LogP contribution < -0.4 is 0 Å². The van der Waals surface area contributed by atoms with Gasteiger partial charge in [0.05, 0.1) is 6.33 Å². The summed E-state index contributed by atoms with van der Waals surface area (Å²) in [6.45, 7) is 0. The lowest BCUT2D eigenvalue weighted by Gasteiger charge is -2.10. The first-order valence-electron chi connectivity index (χ1n) is 11.4. The highest BCUT2D eigenvalue weighted by Crippen LogP contribution is 2.43. The molecule has 0 aliphatic carbocycles. The zero-order chi connectivity index (χ0) is 26.9. The topological polar surface area (TPSA) is 120 Å². The van der Waals surface area contributed by atoms with Crippen molar-refractivity contribution in [2.75, 3.05) is 0 Å². The standard InChI is InChI=1S/C26H20F3N5O4/c1-34-14-30-13-18(34)11-12-19(35)22(36)16-7-9-17(10-8-16)24-31-25(38-33-24)23-20(26(27,28)29)21(32-37-23)15-5-3-2-4-6-15/h2-10,13-14,22,36H,11-12H2,1H3. The number of nitrogens with zero attached hydrogens (tertiary/aromatic N) is 5. The first-order chi connectivity index (χ1) is 18.2. The Morgan fingerprint density at radius 1 is 1.03 bits per heavy atom. The van der Waals surface area contributed by atoms with E-state index in [0.717, 1.165) is 5.69 Å². The molecule has 3 aromatic heterocycles. The number of ketones is 1. The van der Waals surface area contributed by atoms with E-state index in [1.165, 1.54) is 36.4 Å². The maximum absolute atomic E-state index is 13.9. The van der Waals surface area contributed by atoms with E-state index in [4.69, 9.17) is 9.05 Å². The van der Waals surface area contributed by atoms with E-state index in [9.17, 15) is 23.1 Å². The summed E-state index contributed by atoms with van der Waals surface area (Å²) in [4.78, 5) is 20.5. The molecule has 0 amide bonds. The van der Waals surface area contributed by atoms with Gasteiger partial charge in [0.25, 0.3) is 5.89 Å². The van der Waals surface area contributed by atoms with Crippen LogP contribution in [-0.4, -0.2) is 35.7 Å². The van der Waals surface area contributed by atoms with Crippen LogP contribution in [0.25, 0.3) is 34.3 Å². The van der Waals surface area contributed by atoms with Crippen molar-refractivity contribution in [3.05, 3.63) is 83.9 Å². The molecule has 0 aliphatic heterocycles. The molecule has 12 heteroatoms. The first kappa shape index (κ1) is 25.1. The van der Waals surface area contributed by atoms with Gasteiger partial charge in [-0.3, -0.25) is 4.79 Å². The lowest BCUT2D eigenvalue weighted by Crippen LogP contribution is -2.13. The molecule has 1 N–H and O–H groups in total. The number of hydrogen-bond acceptors (Lipinski definition) is 8. The van der Waals surface area contributed by atoms with Crippen molar-refractivity contribution in [2.45, 2.75) is 25.1 Å². The smallest absolute Gasteiger partial charge is 0.381 e. The minimum atomic E-state index is -4.80. The van der Waals surface area contributed by atoms with Crippen LogP contribution in [0.2, 0.25) is 0 Å². The van der Waals surface area contributed by atoms with E-state index in [2.05, 4.69) is 20.3 Å². The summed E-state index contributed by atoms with van der Waals surface area (Å²) in [5, 5.41) is 17.8. The molecule has 5 aromatic rings. The van der Waals surface area contributed by atoms with Gasteiger partial charge in [-0.1, -0.05) is 64.9 Å². The van der Waals surface area contributed by atoms with Crippen LogP contribution in [0, 0.1) is 0 Å². The lowest BCUT2D eigenvalue weighted by molar-refractivity contribution is -0.137. The Morgan fingerprint density at radius 3 is 2.42 bits per heavy atom. The van der Waals surface area contributed by atoms with Crippen molar-refractivity contribution >= 4 is 5.78 Å². The van der Waals surface area contributed by atoms with Gasteiger partial charge >= 0.3 is 6.18 Å². The second-order valence-corrected chi connectivity index (χ2v) is 8.51. The zero-order valence-electron chi connectivity index (χ0n) is 19.9. The fourth-order valence-corrected chi connectivity index (χ4v) is 3.94. The minimum absolute atomic E-state index is 0.00522. The lowest BCUT2D eigenvalue weighted by atomic mass is 10.0. The van der Waals surface area contributed by atoms with E-state index in [-0.39, 0.29) is 29.3 Å². The molecular weight excluding hydrogens is 503 g/mol. The monoisotopic (exact) mass is 523 g/mol. The summed E-state index contributed by atoms with van der Waals surface area (Å²) in [6, 6.07) is 13.9. The number of aliphatic hydroxyl groups is 1. The Morgan fingerprint density at radius 2 is 1.76 bits per heavy atom. The Labute approximate surface area is 213 Å². The summed E-state index contributed by atoms with van der Waals surface area (Å²) < 4.78 is 53.7. The van der Waals surface area contributed by atoms with Crippen molar-refractivity contribution in [3.8, 4) is 34.3 Å². The van der Waals surface area contributed by atoms with E-state index < -0.39 is 29.5 Å². The van der Waals surface area contributed by atoms with Gasteiger partial charge in [0.2, 0.25) is 11.6 Å². The average molecular weight is 523 g/mol. The molecule has 0 saturated heterocycles. The zero-order valence-corrected chi connectivity index (χ0v) is 19.9. The van der Waals surface area contributed by atoms with Crippen LogP contribution >= 0.6 is 0 Å². The molecule has 5 rings (SSSR count). The normalized spacial score (nSPS) is 12.6. The van der Waals surface area contributed by atoms with E-state index in [1.807, 2.05) is 7.05 Å². The number of Topliss-reactive ketones (excluding diaryl/α,β-unsaturated/α-hetero) is 1. The molecule has 0 fully saturated rings. The molecule has 0 aliphatic rings. The highest BCUT2D eigenvalue weighted by atomic mass is 19.4. The molecule has 0 saturated carbocycles. The Kier molecular flexibility index (Phi) is 6.64. The molecule has 194 valence electrons. The highest BCUT2D eigenvalue weighted by Gasteiger charge is 2.43. The first-order valence-corrected chi connectivity index (χ1v) is 11.4. The quantitative estimate of drug-likeness (QED) is 0.300. The van der Waals surface area contributed by atoms with Crippen LogP contribution in [0.4, 0.5) is 13.2 Å². The number of aryl methyl sites for hydroxylation is 2. The molecule has 0 radical (unpaired) electrons. The summed E-state index contributed by atoms with van der Waals surface area (Å²) in [5.41, 5.74) is 0.328. The second kappa shape index (κ2) is 10.1. The Bertz CT molecular complexity index is 1560. The number of halogens is 3. The van der Waals surface area contributed by atoms with Crippen LogP contribution in [0.1, 0.15) is 29.3 Å². The molecular formula is C26H20F3N5O4. The highest BCUT2D eigenvalue weighted by molar-refractivity contribution is 5.84. The summed E-state index contributed by atoms with van der Waals surface area (Å²) in [6.07, 6.45) is -2.28. The third-order valence-corrected chi connectivity index (χ3v) is 5.98. The Hall–Kier alpha value is -4.58. The third-order valence-electron chi connectivity index (χ3n) is 5.98. The number of aromatic nitrogens is 5. The number of hydrogen-bond donors (Lipinski definition) is 1. The number of imidazole rings is 1. The largest absolute Gasteiger partial charge is 0.422 e. The minimum Gasteiger partial charge on any atom is -0.381 e.